The monoisotopic (exact) mass is 448 g/mol. The molecule has 0 amide bonds. The van der Waals surface area contributed by atoms with Crippen molar-refractivity contribution >= 4 is 11.9 Å². The van der Waals surface area contributed by atoms with Crippen LogP contribution in [0.2, 0.25) is 0 Å². The Hall–Kier alpha value is -2.92. The quantitative estimate of drug-likeness (QED) is 0.319. The molecular weight excluding hydrogens is 416 g/mol. The topological polar surface area (TPSA) is 72.8 Å². The summed E-state index contributed by atoms with van der Waals surface area (Å²) in [5.41, 5.74) is 2.61. The highest BCUT2D eigenvalue weighted by Crippen LogP contribution is 2.43. The molecule has 174 valence electrons. The number of hydrogen-bond acceptors (Lipinski definition) is 5. The summed E-state index contributed by atoms with van der Waals surface area (Å²) in [5, 5.41) is 10.3. The van der Waals surface area contributed by atoms with Gasteiger partial charge in [-0.05, 0) is 29.7 Å². The van der Waals surface area contributed by atoms with E-state index < -0.39 is 6.10 Å². The molecule has 4 rings (SSSR count). The molecule has 1 saturated heterocycles. The average molecular weight is 449 g/mol. The van der Waals surface area contributed by atoms with E-state index in [4.69, 9.17) is 9.47 Å². The molecule has 1 aliphatic heterocycles. The number of rotatable bonds is 9. The third-order valence-electron chi connectivity index (χ3n) is 6.70. The van der Waals surface area contributed by atoms with E-state index in [0.717, 1.165) is 30.4 Å². The Bertz CT molecular complexity index is 966. The van der Waals surface area contributed by atoms with Crippen LogP contribution in [0.1, 0.15) is 55.8 Å². The second kappa shape index (κ2) is 10.8. The van der Waals surface area contributed by atoms with Gasteiger partial charge in [-0.15, -0.1) is 0 Å². The fraction of sp³-hybridized carbons (Fsp3) is 0.429. The summed E-state index contributed by atoms with van der Waals surface area (Å²) in [6.45, 7) is 2.13. The number of aliphatic hydroxyl groups is 1. The molecule has 5 nitrogen and oxygen atoms in total. The van der Waals surface area contributed by atoms with Crippen molar-refractivity contribution in [2.45, 2.75) is 63.8 Å². The fourth-order valence-electron chi connectivity index (χ4n) is 4.88. The van der Waals surface area contributed by atoms with Crippen molar-refractivity contribution in [3.8, 4) is 11.1 Å². The van der Waals surface area contributed by atoms with Crippen molar-refractivity contribution in [3.63, 3.8) is 0 Å². The molecule has 0 spiro atoms. The Labute approximate surface area is 195 Å². The van der Waals surface area contributed by atoms with Gasteiger partial charge in [0.2, 0.25) is 0 Å². The number of benzene rings is 2. The van der Waals surface area contributed by atoms with E-state index in [1.807, 2.05) is 48.5 Å². The molecule has 5 heteroatoms. The van der Waals surface area contributed by atoms with Crippen LogP contribution in [0, 0.1) is 11.8 Å². The van der Waals surface area contributed by atoms with E-state index in [0.29, 0.717) is 24.8 Å². The zero-order valence-corrected chi connectivity index (χ0v) is 19.1. The molecule has 2 fully saturated rings. The van der Waals surface area contributed by atoms with Crippen LogP contribution in [0.15, 0.2) is 66.7 Å². The van der Waals surface area contributed by atoms with Crippen LogP contribution in [0.25, 0.3) is 11.1 Å². The minimum Gasteiger partial charge on any atom is -0.462 e. The Kier molecular flexibility index (Phi) is 7.61. The maximum atomic E-state index is 12.9. The van der Waals surface area contributed by atoms with Crippen molar-refractivity contribution in [1.82, 2.24) is 0 Å². The van der Waals surface area contributed by atoms with Gasteiger partial charge in [-0.3, -0.25) is 4.79 Å². The van der Waals surface area contributed by atoms with E-state index in [1.54, 1.807) is 18.2 Å². The minimum absolute atomic E-state index is 0.0187. The van der Waals surface area contributed by atoms with Gasteiger partial charge in [0, 0.05) is 18.3 Å². The van der Waals surface area contributed by atoms with Crippen LogP contribution in [0.3, 0.4) is 0 Å². The van der Waals surface area contributed by atoms with E-state index in [9.17, 15) is 14.7 Å². The van der Waals surface area contributed by atoms with Crippen LogP contribution in [0.4, 0.5) is 0 Å². The first-order valence-corrected chi connectivity index (χ1v) is 12.0. The smallest absolute Gasteiger partial charge is 0.338 e. The number of hydrogen-bond donors (Lipinski definition) is 1. The van der Waals surface area contributed by atoms with Crippen molar-refractivity contribution in [3.05, 3.63) is 72.3 Å². The van der Waals surface area contributed by atoms with Gasteiger partial charge in [-0.1, -0.05) is 80.8 Å². The highest BCUT2D eigenvalue weighted by atomic mass is 16.6. The first kappa shape index (κ1) is 23.2. The van der Waals surface area contributed by atoms with Gasteiger partial charge in [0.25, 0.3) is 0 Å². The molecule has 2 aromatic rings. The molecule has 2 aliphatic rings. The molecule has 1 N–H and O–H groups in total. The first-order chi connectivity index (χ1) is 16.0. The zero-order valence-electron chi connectivity index (χ0n) is 19.1. The third kappa shape index (κ3) is 5.72. The average Bonchev–Trinajstić information content (AvgIpc) is 3.33. The van der Waals surface area contributed by atoms with Gasteiger partial charge in [0.1, 0.15) is 12.2 Å². The number of aliphatic hydroxyl groups excluding tert-OH is 1. The standard InChI is InChI=1S/C28H32O5/c1-2-3-5-10-22(29)15-16-23-24-17-27(30)32-26(24)18-25(23)33-28(31)21-13-11-20(12-14-21)19-8-6-4-7-9-19/h4,6-9,11-16,22-26,29H,2-3,5,10,17-18H2,1H3/t22?,23-,24-,25-,26+/m1/s1. The number of fused-ring (bicyclic) bond motifs is 1. The summed E-state index contributed by atoms with van der Waals surface area (Å²) in [6.07, 6.45) is 7.26. The molecule has 0 radical (unpaired) electrons. The van der Waals surface area contributed by atoms with E-state index in [2.05, 4.69) is 6.92 Å². The normalized spacial score (nSPS) is 25.1. The summed E-state index contributed by atoms with van der Waals surface area (Å²) in [6, 6.07) is 17.4. The molecule has 1 saturated carbocycles. The third-order valence-corrected chi connectivity index (χ3v) is 6.70. The highest BCUT2D eigenvalue weighted by Gasteiger charge is 2.50. The number of unbranched alkanes of at least 4 members (excludes halogenated alkanes) is 2. The lowest BCUT2D eigenvalue weighted by Crippen LogP contribution is -2.25. The van der Waals surface area contributed by atoms with Crippen molar-refractivity contribution < 1.29 is 24.2 Å². The van der Waals surface area contributed by atoms with E-state index in [1.165, 1.54) is 0 Å². The SMILES string of the molecule is CCCCCC(O)C=C[C@@H]1[C@H]2CC(=O)O[C@H]2C[C@H]1OC(=O)c1ccc(-c2ccccc2)cc1. The van der Waals surface area contributed by atoms with Crippen LogP contribution in [0.5, 0.6) is 0 Å². The Morgan fingerprint density at radius 1 is 1.12 bits per heavy atom. The van der Waals surface area contributed by atoms with Crippen molar-refractivity contribution in [2.24, 2.45) is 11.8 Å². The molecule has 5 atom stereocenters. The summed E-state index contributed by atoms with van der Waals surface area (Å²) >= 11 is 0. The minimum atomic E-state index is -0.532. The van der Waals surface area contributed by atoms with Gasteiger partial charge in [-0.25, -0.2) is 4.79 Å². The van der Waals surface area contributed by atoms with E-state index >= 15 is 0 Å². The van der Waals surface area contributed by atoms with Crippen molar-refractivity contribution in [2.75, 3.05) is 0 Å². The molecule has 0 bridgehead atoms. The van der Waals surface area contributed by atoms with Gasteiger partial charge < -0.3 is 14.6 Å². The van der Waals surface area contributed by atoms with E-state index in [-0.39, 0.29) is 36.0 Å². The first-order valence-electron chi connectivity index (χ1n) is 12.0. The number of esters is 2. The predicted molar refractivity (Wildman–Crippen MR) is 126 cm³/mol. The Balaban J connectivity index is 1.42. The maximum absolute atomic E-state index is 12.9. The van der Waals surface area contributed by atoms with Crippen LogP contribution >= 0.6 is 0 Å². The molecule has 1 unspecified atom stereocenters. The largest absolute Gasteiger partial charge is 0.462 e. The number of carbonyl (C=O) groups excluding carboxylic acids is 2. The number of carbonyl (C=O) groups is 2. The van der Waals surface area contributed by atoms with Crippen LogP contribution in [-0.4, -0.2) is 35.4 Å². The summed E-state index contributed by atoms with van der Waals surface area (Å²) in [4.78, 5) is 24.7. The fourth-order valence-corrected chi connectivity index (χ4v) is 4.88. The molecule has 33 heavy (non-hydrogen) atoms. The molecule has 0 aromatic heterocycles. The molecular formula is C28H32O5. The number of ether oxygens (including phenoxy) is 2. The molecule has 2 aromatic carbocycles. The van der Waals surface area contributed by atoms with Crippen molar-refractivity contribution in [1.29, 1.82) is 0 Å². The van der Waals surface area contributed by atoms with Gasteiger partial charge in [-0.2, -0.15) is 0 Å². The second-order valence-corrected chi connectivity index (χ2v) is 9.04. The Morgan fingerprint density at radius 3 is 2.58 bits per heavy atom. The lowest BCUT2D eigenvalue weighted by Gasteiger charge is -2.20. The Morgan fingerprint density at radius 2 is 1.85 bits per heavy atom. The molecule has 1 heterocycles. The van der Waals surface area contributed by atoms with Gasteiger partial charge >= 0.3 is 11.9 Å². The summed E-state index contributed by atoms with van der Waals surface area (Å²) in [7, 11) is 0. The summed E-state index contributed by atoms with van der Waals surface area (Å²) in [5.74, 6) is -0.745. The van der Waals surface area contributed by atoms with Gasteiger partial charge in [0.05, 0.1) is 18.1 Å². The van der Waals surface area contributed by atoms with Crippen LogP contribution in [-0.2, 0) is 14.3 Å². The zero-order chi connectivity index (χ0) is 23.2. The lowest BCUT2D eigenvalue weighted by atomic mass is 9.91. The maximum Gasteiger partial charge on any atom is 0.338 e. The molecule has 1 aliphatic carbocycles. The second-order valence-electron chi connectivity index (χ2n) is 9.04. The predicted octanol–water partition coefficient (Wildman–Crippen LogP) is 5.33. The lowest BCUT2D eigenvalue weighted by molar-refractivity contribution is -0.141. The van der Waals surface area contributed by atoms with Gasteiger partial charge in [0.15, 0.2) is 0 Å². The van der Waals surface area contributed by atoms with Crippen LogP contribution < -0.4 is 0 Å². The summed E-state index contributed by atoms with van der Waals surface area (Å²) < 4.78 is 11.4. The highest BCUT2D eigenvalue weighted by molar-refractivity contribution is 5.90.